The minimum Gasteiger partial charge on any atom is -0.134 e. The van der Waals surface area contributed by atoms with Gasteiger partial charge in [0.15, 0.2) is 0 Å². The normalized spacial score (nSPS) is 22.7. The maximum absolute atomic E-state index is 2.49. The summed E-state index contributed by atoms with van der Waals surface area (Å²) in [5.74, 6) is 0. The van der Waals surface area contributed by atoms with Gasteiger partial charge in [-0.1, -0.05) is 91.0 Å². The molecule has 0 aromatic heterocycles. The molecular weight excluding hydrogens is 344 g/mol. The first kappa shape index (κ1) is 14.3. The molecule has 1 aliphatic carbocycles. The molecule has 0 bridgehead atoms. The van der Waals surface area contributed by atoms with Crippen molar-refractivity contribution in [3.63, 3.8) is 0 Å². The van der Waals surface area contributed by atoms with Crippen LogP contribution in [0.15, 0.2) is 84.9 Å². The summed E-state index contributed by atoms with van der Waals surface area (Å²) in [6.45, 7) is 0. The van der Waals surface area contributed by atoms with Gasteiger partial charge in [0.25, 0.3) is 0 Å². The van der Waals surface area contributed by atoms with E-state index in [1.54, 1.807) is 0 Å². The number of benzene rings is 5. The minimum atomic E-state index is 0.0617. The highest BCUT2D eigenvalue weighted by atomic mass is 32.2. The van der Waals surface area contributed by atoms with Crippen molar-refractivity contribution in [1.82, 2.24) is 0 Å². The molecule has 5 aromatic rings. The monoisotopic (exact) mass is 360 g/mol. The van der Waals surface area contributed by atoms with E-state index in [0.717, 1.165) is 0 Å². The standard InChI is InChI=1S/C26H16S/c1-2-10-18(11-3-1)26-22(27-26)15-17-9-6-13-20-19-12-4-7-16-8-5-14-21(23(16)19)25(26)24(17)20/h1-15,22H. The van der Waals surface area contributed by atoms with Gasteiger partial charge < -0.3 is 0 Å². The molecule has 1 heteroatoms. The molecule has 0 N–H and O–H groups in total. The van der Waals surface area contributed by atoms with E-state index in [0.29, 0.717) is 5.25 Å². The van der Waals surface area contributed by atoms with Crippen LogP contribution in [0.5, 0.6) is 0 Å². The average Bonchev–Trinajstić information content (AvgIpc) is 3.46. The van der Waals surface area contributed by atoms with Crippen LogP contribution in [-0.4, -0.2) is 5.25 Å². The Morgan fingerprint density at radius 1 is 0.630 bits per heavy atom. The van der Waals surface area contributed by atoms with E-state index in [2.05, 4.69) is 103 Å². The van der Waals surface area contributed by atoms with E-state index in [1.807, 2.05) is 0 Å². The molecule has 1 heterocycles. The molecule has 5 aromatic carbocycles. The highest BCUT2D eigenvalue weighted by Crippen LogP contribution is 2.69. The van der Waals surface area contributed by atoms with Gasteiger partial charge in [-0.05, 0) is 48.7 Å². The van der Waals surface area contributed by atoms with E-state index >= 15 is 0 Å². The van der Waals surface area contributed by atoms with Gasteiger partial charge in [0, 0.05) is 5.25 Å². The van der Waals surface area contributed by atoms with Gasteiger partial charge in [0.1, 0.15) is 0 Å². The summed E-state index contributed by atoms with van der Waals surface area (Å²) in [6.07, 6.45) is 2.49. The number of rotatable bonds is 1. The minimum absolute atomic E-state index is 0.0617. The van der Waals surface area contributed by atoms with Gasteiger partial charge in [-0.2, -0.15) is 0 Å². The van der Waals surface area contributed by atoms with E-state index in [-0.39, 0.29) is 4.75 Å². The highest BCUT2D eigenvalue weighted by molar-refractivity contribution is 8.08. The summed E-state index contributed by atoms with van der Waals surface area (Å²) in [5.41, 5.74) is 2.96. The van der Waals surface area contributed by atoms with Crippen molar-refractivity contribution >= 4 is 50.2 Å². The van der Waals surface area contributed by atoms with Gasteiger partial charge in [-0.15, -0.1) is 11.8 Å². The van der Waals surface area contributed by atoms with Crippen molar-refractivity contribution < 1.29 is 0 Å². The number of hydrogen-bond donors (Lipinski definition) is 0. The molecule has 2 atom stereocenters. The molecule has 2 aliphatic rings. The molecule has 0 amide bonds. The van der Waals surface area contributed by atoms with Crippen LogP contribution in [0.2, 0.25) is 0 Å². The summed E-state index contributed by atoms with van der Waals surface area (Å²) >= 11 is 2.10. The molecule has 27 heavy (non-hydrogen) atoms. The van der Waals surface area contributed by atoms with Crippen molar-refractivity contribution in [1.29, 1.82) is 0 Å². The van der Waals surface area contributed by atoms with E-state index < -0.39 is 0 Å². The lowest BCUT2D eigenvalue weighted by atomic mass is 9.77. The fourth-order valence-corrected chi connectivity index (χ4v) is 6.72. The first-order valence-corrected chi connectivity index (χ1v) is 10.4. The lowest BCUT2D eigenvalue weighted by Crippen LogP contribution is -2.23. The Hall–Kier alpha value is -2.77. The average molecular weight is 360 g/mol. The van der Waals surface area contributed by atoms with Crippen LogP contribution < -0.4 is 5.22 Å². The number of hydrogen-bond acceptors (Lipinski definition) is 1. The molecule has 0 radical (unpaired) electrons. The Morgan fingerprint density at radius 3 is 2.15 bits per heavy atom. The number of fused-ring (bicyclic) bond motifs is 4. The second kappa shape index (κ2) is 4.74. The fourth-order valence-electron chi connectivity index (χ4n) is 5.25. The first-order valence-electron chi connectivity index (χ1n) is 9.49. The van der Waals surface area contributed by atoms with Crippen molar-refractivity contribution in [2.24, 2.45) is 0 Å². The van der Waals surface area contributed by atoms with Crippen LogP contribution in [-0.2, 0) is 4.75 Å². The summed E-state index contributed by atoms with van der Waals surface area (Å²) in [5, 5.41) is 10.3. The fraction of sp³-hybridized carbons (Fsp3) is 0.0769. The van der Waals surface area contributed by atoms with Gasteiger partial charge in [-0.3, -0.25) is 0 Å². The Bertz CT molecular complexity index is 1440. The van der Waals surface area contributed by atoms with Crippen molar-refractivity contribution in [2.75, 3.05) is 0 Å². The summed E-state index contributed by atoms with van der Waals surface area (Å²) in [7, 11) is 0. The lowest BCUT2D eigenvalue weighted by Gasteiger charge is -2.25. The maximum Gasteiger partial charge on any atom is 0.0829 e. The van der Waals surface area contributed by atoms with E-state index in [4.69, 9.17) is 0 Å². The predicted molar refractivity (Wildman–Crippen MR) is 117 cm³/mol. The Labute approximate surface area is 161 Å². The van der Waals surface area contributed by atoms with Crippen molar-refractivity contribution in [2.45, 2.75) is 10.00 Å². The third-order valence-corrected chi connectivity index (χ3v) is 7.93. The molecule has 0 spiro atoms. The van der Waals surface area contributed by atoms with Crippen LogP contribution in [0.25, 0.3) is 38.4 Å². The molecule has 1 fully saturated rings. The molecule has 0 saturated carbocycles. The van der Waals surface area contributed by atoms with Gasteiger partial charge in [0.05, 0.1) is 4.75 Å². The van der Waals surface area contributed by atoms with Crippen LogP contribution >= 0.6 is 11.8 Å². The topological polar surface area (TPSA) is 0 Å². The summed E-state index contributed by atoms with van der Waals surface area (Å²) in [4.78, 5) is 0. The highest BCUT2D eigenvalue weighted by Gasteiger charge is 2.59. The Kier molecular flexibility index (Phi) is 2.51. The SMILES string of the molecule is C1=c2cccc3c2c(c2cccc4cccc3c42)C2(c3ccccc3)SC12. The summed E-state index contributed by atoms with van der Waals surface area (Å²) in [6, 6.07) is 31.5. The van der Waals surface area contributed by atoms with Crippen LogP contribution in [0, 0.1) is 0 Å². The van der Waals surface area contributed by atoms with Gasteiger partial charge >= 0.3 is 0 Å². The zero-order chi connectivity index (χ0) is 17.6. The van der Waals surface area contributed by atoms with E-state index in [9.17, 15) is 0 Å². The number of thioether (sulfide) groups is 1. The Balaban J connectivity index is 1.79. The summed E-state index contributed by atoms with van der Waals surface area (Å²) < 4.78 is 0.0617. The smallest absolute Gasteiger partial charge is 0.0829 e. The second-order valence-corrected chi connectivity index (χ2v) is 9.05. The molecular formula is C26H16S. The quantitative estimate of drug-likeness (QED) is 0.200. The molecule has 0 nitrogen and oxygen atoms in total. The zero-order valence-electron chi connectivity index (χ0n) is 14.6. The molecule has 2 unspecified atom stereocenters. The molecule has 7 rings (SSSR count). The van der Waals surface area contributed by atoms with Crippen molar-refractivity contribution in [3.8, 4) is 0 Å². The van der Waals surface area contributed by atoms with Crippen LogP contribution in [0.1, 0.15) is 11.1 Å². The molecule has 1 aliphatic heterocycles. The zero-order valence-corrected chi connectivity index (χ0v) is 15.5. The van der Waals surface area contributed by atoms with Crippen LogP contribution in [0.3, 0.4) is 0 Å². The largest absolute Gasteiger partial charge is 0.134 e. The van der Waals surface area contributed by atoms with Crippen molar-refractivity contribution in [3.05, 3.63) is 101 Å². The van der Waals surface area contributed by atoms with E-state index in [1.165, 1.54) is 48.7 Å². The van der Waals surface area contributed by atoms with Gasteiger partial charge in [-0.25, -0.2) is 0 Å². The molecule has 1 saturated heterocycles. The predicted octanol–water partition coefficient (Wildman–Crippen LogP) is 6.02. The third-order valence-electron chi connectivity index (χ3n) is 6.37. The maximum atomic E-state index is 2.49. The molecule has 126 valence electrons. The van der Waals surface area contributed by atoms with Crippen LogP contribution in [0.4, 0.5) is 0 Å². The first-order chi connectivity index (χ1) is 13.4. The van der Waals surface area contributed by atoms with Gasteiger partial charge in [0.2, 0.25) is 0 Å². The lowest BCUT2D eigenvalue weighted by molar-refractivity contribution is 0.903. The Morgan fingerprint density at radius 2 is 1.33 bits per heavy atom. The third kappa shape index (κ3) is 1.63. The second-order valence-electron chi connectivity index (χ2n) is 7.66.